The lowest BCUT2D eigenvalue weighted by Gasteiger charge is -2.29. The van der Waals surface area contributed by atoms with Crippen LogP contribution in [0.25, 0.3) is 0 Å². The predicted molar refractivity (Wildman–Crippen MR) is 71.8 cm³/mol. The number of nitrogens with zero attached hydrogens (tertiary/aromatic N) is 2. The molecule has 104 valence electrons. The first-order chi connectivity index (χ1) is 9.06. The summed E-state index contributed by atoms with van der Waals surface area (Å²) in [5.41, 5.74) is 0.184. The summed E-state index contributed by atoms with van der Waals surface area (Å²) in [7, 11) is 2.07. The Bertz CT molecular complexity index is 467. The van der Waals surface area contributed by atoms with Crippen molar-refractivity contribution in [3.63, 3.8) is 0 Å². The molecule has 1 aliphatic heterocycles. The predicted octanol–water partition coefficient (Wildman–Crippen LogP) is 2.49. The van der Waals surface area contributed by atoms with Crippen molar-refractivity contribution in [2.24, 2.45) is 5.92 Å². The van der Waals surface area contributed by atoms with Crippen molar-refractivity contribution in [3.8, 4) is 0 Å². The molecule has 1 unspecified atom stereocenters. The van der Waals surface area contributed by atoms with Crippen molar-refractivity contribution in [2.45, 2.75) is 12.8 Å². The Kier molecular flexibility index (Phi) is 4.31. The number of hydrogen-bond acceptors (Lipinski definition) is 4. The topological polar surface area (TPSA) is 58.4 Å². The number of benzene rings is 1. The number of hydrogen-bond donors (Lipinski definition) is 1. The summed E-state index contributed by atoms with van der Waals surface area (Å²) in [5, 5.41) is 13.9. The van der Waals surface area contributed by atoms with Gasteiger partial charge < -0.3 is 10.2 Å². The second kappa shape index (κ2) is 5.97. The second-order valence-corrected chi connectivity index (χ2v) is 5.07. The number of nitro groups is 1. The summed E-state index contributed by atoms with van der Waals surface area (Å²) in [4.78, 5) is 12.6. The molecule has 2 rings (SSSR count). The third-order valence-electron chi connectivity index (χ3n) is 3.46. The van der Waals surface area contributed by atoms with Crippen LogP contribution in [0, 0.1) is 21.8 Å². The fourth-order valence-corrected chi connectivity index (χ4v) is 2.50. The number of halogens is 1. The van der Waals surface area contributed by atoms with Crippen molar-refractivity contribution in [1.82, 2.24) is 4.90 Å². The van der Waals surface area contributed by atoms with E-state index >= 15 is 0 Å². The summed E-state index contributed by atoms with van der Waals surface area (Å²) in [6.07, 6.45) is 2.23. The molecule has 19 heavy (non-hydrogen) atoms. The number of nitro benzene ring substituents is 1. The van der Waals surface area contributed by atoms with Crippen LogP contribution in [0.15, 0.2) is 18.2 Å². The monoisotopic (exact) mass is 267 g/mol. The molecule has 0 aromatic heterocycles. The Morgan fingerprint density at radius 3 is 3.05 bits per heavy atom. The molecule has 6 heteroatoms. The van der Waals surface area contributed by atoms with E-state index in [0.717, 1.165) is 32.0 Å². The molecule has 0 radical (unpaired) electrons. The average molecular weight is 267 g/mol. The molecule has 1 heterocycles. The number of anilines is 1. The molecule has 5 nitrogen and oxygen atoms in total. The Hall–Kier alpha value is -1.69. The van der Waals surface area contributed by atoms with Crippen molar-refractivity contribution >= 4 is 11.4 Å². The molecule has 1 aromatic rings. The van der Waals surface area contributed by atoms with Crippen LogP contribution in [0.5, 0.6) is 0 Å². The fourth-order valence-electron chi connectivity index (χ4n) is 2.50. The lowest BCUT2D eigenvalue weighted by atomic mass is 9.98. The van der Waals surface area contributed by atoms with Gasteiger partial charge in [0.15, 0.2) is 0 Å². The standard InChI is InChI=1S/C13H18FN3O2/c1-16-6-2-3-10(9-16)8-15-12-7-11(14)4-5-13(12)17(18)19/h4-5,7,10,15H,2-3,6,8-9H2,1H3. The zero-order valence-corrected chi connectivity index (χ0v) is 10.9. The average Bonchev–Trinajstić information content (AvgIpc) is 2.36. The summed E-state index contributed by atoms with van der Waals surface area (Å²) in [6, 6.07) is 3.49. The van der Waals surface area contributed by atoms with Crippen LogP contribution in [0.4, 0.5) is 15.8 Å². The first-order valence-corrected chi connectivity index (χ1v) is 6.42. The van der Waals surface area contributed by atoms with Crippen LogP contribution in [0.3, 0.4) is 0 Å². The van der Waals surface area contributed by atoms with Crippen molar-refractivity contribution in [1.29, 1.82) is 0 Å². The maximum Gasteiger partial charge on any atom is 0.292 e. The minimum absolute atomic E-state index is 0.0782. The minimum atomic E-state index is -0.491. The van der Waals surface area contributed by atoms with E-state index in [4.69, 9.17) is 0 Å². The Balaban J connectivity index is 2.02. The van der Waals surface area contributed by atoms with Crippen LogP contribution in [-0.4, -0.2) is 36.5 Å². The molecule has 1 saturated heterocycles. The maximum absolute atomic E-state index is 13.2. The van der Waals surface area contributed by atoms with E-state index in [1.807, 2.05) is 0 Å². The molecule has 1 atom stereocenters. The first-order valence-electron chi connectivity index (χ1n) is 6.42. The largest absolute Gasteiger partial charge is 0.379 e. The van der Waals surface area contributed by atoms with Gasteiger partial charge in [0.05, 0.1) is 4.92 Å². The molecule has 0 amide bonds. The minimum Gasteiger partial charge on any atom is -0.379 e. The normalized spacial score (nSPS) is 20.2. The van der Waals surface area contributed by atoms with E-state index in [-0.39, 0.29) is 11.4 Å². The summed E-state index contributed by atoms with van der Waals surface area (Å²) in [5.74, 6) is -0.0181. The van der Waals surface area contributed by atoms with Gasteiger partial charge in [-0.1, -0.05) is 0 Å². The van der Waals surface area contributed by atoms with E-state index < -0.39 is 10.7 Å². The van der Waals surface area contributed by atoms with Gasteiger partial charge in [-0.15, -0.1) is 0 Å². The number of piperidine rings is 1. The van der Waals surface area contributed by atoms with Crippen molar-refractivity contribution in [2.75, 3.05) is 32.0 Å². The molecule has 0 spiro atoms. The lowest BCUT2D eigenvalue weighted by Crippen LogP contribution is -2.35. The molecular weight excluding hydrogens is 249 g/mol. The second-order valence-electron chi connectivity index (χ2n) is 5.07. The molecule has 0 bridgehead atoms. The van der Waals surface area contributed by atoms with Gasteiger partial charge >= 0.3 is 0 Å². The SMILES string of the molecule is CN1CCCC(CNc2cc(F)ccc2[N+](=O)[O-])C1. The highest BCUT2D eigenvalue weighted by Crippen LogP contribution is 2.26. The van der Waals surface area contributed by atoms with Crippen LogP contribution in [0.2, 0.25) is 0 Å². The zero-order valence-electron chi connectivity index (χ0n) is 10.9. The lowest BCUT2D eigenvalue weighted by molar-refractivity contribution is -0.384. The third-order valence-corrected chi connectivity index (χ3v) is 3.46. The Morgan fingerprint density at radius 2 is 2.37 bits per heavy atom. The van der Waals surface area contributed by atoms with Gasteiger partial charge in [0, 0.05) is 25.2 Å². The quantitative estimate of drug-likeness (QED) is 0.672. The fraction of sp³-hybridized carbons (Fsp3) is 0.538. The highest BCUT2D eigenvalue weighted by atomic mass is 19.1. The van der Waals surface area contributed by atoms with E-state index in [2.05, 4.69) is 17.3 Å². The smallest absolute Gasteiger partial charge is 0.292 e. The number of rotatable bonds is 4. The molecule has 0 aliphatic carbocycles. The number of likely N-dealkylation sites (tertiary alicyclic amines) is 1. The molecule has 1 fully saturated rings. The summed E-state index contributed by atoms with van der Waals surface area (Å²) in [6.45, 7) is 2.70. The Morgan fingerprint density at radius 1 is 1.58 bits per heavy atom. The van der Waals surface area contributed by atoms with Crippen molar-refractivity contribution < 1.29 is 9.31 Å². The van der Waals surface area contributed by atoms with E-state index in [1.165, 1.54) is 12.1 Å². The number of nitrogens with one attached hydrogen (secondary N) is 1. The van der Waals surface area contributed by atoms with Crippen LogP contribution < -0.4 is 5.32 Å². The van der Waals surface area contributed by atoms with Crippen LogP contribution >= 0.6 is 0 Å². The molecule has 1 aromatic carbocycles. The highest BCUT2D eigenvalue weighted by Gasteiger charge is 2.19. The van der Waals surface area contributed by atoms with Crippen LogP contribution in [-0.2, 0) is 0 Å². The zero-order chi connectivity index (χ0) is 13.8. The summed E-state index contributed by atoms with van der Waals surface area (Å²) < 4.78 is 13.2. The maximum atomic E-state index is 13.2. The van der Waals surface area contributed by atoms with Gasteiger partial charge in [-0.25, -0.2) is 4.39 Å². The third kappa shape index (κ3) is 3.64. The first kappa shape index (κ1) is 13.7. The molecule has 1 aliphatic rings. The summed E-state index contributed by atoms with van der Waals surface area (Å²) >= 11 is 0. The molecular formula is C13H18FN3O2. The molecule has 1 N–H and O–H groups in total. The van der Waals surface area contributed by atoms with E-state index in [9.17, 15) is 14.5 Å². The van der Waals surface area contributed by atoms with Gasteiger partial charge in [0.2, 0.25) is 0 Å². The van der Waals surface area contributed by atoms with E-state index in [0.29, 0.717) is 12.5 Å². The van der Waals surface area contributed by atoms with Gasteiger partial charge in [0.25, 0.3) is 5.69 Å². The van der Waals surface area contributed by atoms with Gasteiger partial charge in [0.1, 0.15) is 11.5 Å². The van der Waals surface area contributed by atoms with Crippen LogP contribution in [0.1, 0.15) is 12.8 Å². The van der Waals surface area contributed by atoms with Gasteiger partial charge in [-0.3, -0.25) is 10.1 Å². The Labute approximate surface area is 111 Å². The van der Waals surface area contributed by atoms with Gasteiger partial charge in [-0.05, 0) is 38.4 Å². The highest BCUT2D eigenvalue weighted by molar-refractivity contribution is 5.61. The van der Waals surface area contributed by atoms with Crippen molar-refractivity contribution in [3.05, 3.63) is 34.1 Å². The van der Waals surface area contributed by atoms with Gasteiger partial charge in [-0.2, -0.15) is 0 Å². The van der Waals surface area contributed by atoms with E-state index in [1.54, 1.807) is 0 Å². The molecule has 0 saturated carbocycles.